The van der Waals surface area contributed by atoms with E-state index in [0.717, 1.165) is 0 Å². The number of rotatable bonds is 3. The van der Waals surface area contributed by atoms with Crippen molar-refractivity contribution >= 4 is 5.97 Å². The SMILES string of the molecule is O=NN1CCOCC1CC(=O)O. The van der Waals surface area contributed by atoms with Crippen LogP contribution in [0.4, 0.5) is 0 Å². The van der Waals surface area contributed by atoms with E-state index in [2.05, 4.69) is 5.29 Å². The molecule has 1 saturated heterocycles. The van der Waals surface area contributed by atoms with Crippen LogP contribution in [0.5, 0.6) is 0 Å². The van der Waals surface area contributed by atoms with Crippen LogP contribution in [0.15, 0.2) is 5.29 Å². The highest BCUT2D eigenvalue weighted by molar-refractivity contribution is 5.67. The van der Waals surface area contributed by atoms with Crippen LogP contribution in [-0.2, 0) is 9.53 Å². The van der Waals surface area contributed by atoms with Crippen LogP contribution in [0.1, 0.15) is 6.42 Å². The summed E-state index contributed by atoms with van der Waals surface area (Å²) in [4.78, 5) is 20.5. The first kappa shape index (κ1) is 8.92. The molecule has 0 bridgehead atoms. The molecule has 0 saturated carbocycles. The predicted molar refractivity (Wildman–Crippen MR) is 39.4 cm³/mol. The second kappa shape index (κ2) is 4.01. The number of nitroso groups, excluding NO2 is 1. The van der Waals surface area contributed by atoms with Crippen LogP contribution >= 0.6 is 0 Å². The van der Waals surface area contributed by atoms with Crippen molar-refractivity contribution in [2.24, 2.45) is 5.29 Å². The van der Waals surface area contributed by atoms with Gasteiger partial charge >= 0.3 is 5.97 Å². The van der Waals surface area contributed by atoms with E-state index < -0.39 is 12.0 Å². The lowest BCUT2D eigenvalue weighted by molar-refractivity contribution is -0.140. The largest absolute Gasteiger partial charge is 0.481 e. The second-order valence-electron chi connectivity index (χ2n) is 2.57. The van der Waals surface area contributed by atoms with Gasteiger partial charge in [-0.1, -0.05) is 0 Å². The first-order valence-electron chi connectivity index (χ1n) is 3.63. The van der Waals surface area contributed by atoms with Gasteiger partial charge in [0.25, 0.3) is 0 Å². The zero-order valence-corrected chi connectivity index (χ0v) is 6.47. The van der Waals surface area contributed by atoms with Crippen LogP contribution in [0.2, 0.25) is 0 Å². The number of ether oxygens (including phenoxy) is 1. The highest BCUT2D eigenvalue weighted by Crippen LogP contribution is 2.10. The van der Waals surface area contributed by atoms with Crippen molar-refractivity contribution in [1.29, 1.82) is 0 Å². The molecular weight excluding hydrogens is 164 g/mol. The van der Waals surface area contributed by atoms with Gasteiger partial charge in [0.15, 0.2) is 0 Å². The minimum atomic E-state index is -0.945. The fraction of sp³-hybridized carbons (Fsp3) is 0.833. The fourth-order valence-electron chi connectivity index (χ4n) is 1.12. The third kappa shape index (κ3) is 2.16. The summed E-state index contributed by atoms with van der Waals surface area (Å²) >= 11 is 0. The third-order valence-corrected chi connectivity index (χ3v) is 1.71. The van der Waals surface area contributed by atoms with Gasteiger partial charge in [0.05, 0.1) is 37.5 Å². The third-order valence-electron chi connectivity index (χ3n) is 1.71. The molecule has 0 spiro atoms. The van der Waals surface area contributed by atoms with Crippen molar-refractivity contribution in [2.45, 2.75) is 12.5 Å². The summed E-state index contributed by atoms with van der Waals surface area (Å²) in [5.41, 5.74) is 0. The first-order chi connectivity index (χ1) is 5.74. The molecule has 12 heavy (non-hydrogen) atoms. The lowest BCUT2D eigenvalue weighted by Crippen LogP contribution is -2.42. The minimum absolute atomic E-state index is 0.105. The Bertz CT molecular complexity index is 184. The van der Waals surface area contributed by atoms with E-state index in [1.54, 1.807) is 0 Å². The zero-order valence-electron chi connectivity index (χ0n) is 6.47. The molecule has 1 aliphatic heterocycles. The van der Waals surface area contributed by atoms with Crippen LogP contribution in [0.3, 0.4) is 0 Å². The van der Waals surface area contributed by atoms with Crippen molar-refractivity contribution < 1.29 is 14.6 Å². The number of nitrogens with zero attached hydrogens (tertiary/aromatic N) is 2. The summed E-state index contributed by atoms with van der Waals surface area (Å²) in [5.74, 6) is -0.945. The van der Waals surface area contributed by atoms with Crippen molar-refractivity contribution in [3.63, 3.8) is 0 Å². The molecule has 1 fully saturated rings. The molecule has 1 heterocycles. The molecule has 68 valence electrons. The van der Waals surface area contributed by atoms with E-state index in [1.807, 2.05) is 0 Å². The quantitative estimate of drug-likeness (QED) is 0.601. The van der Waals surface area contributed by atoms with Crippen molar-refractivity contribution in [3.05, 3.63) is 4.91 Å². The number of carboxylic acids is 1. The van der Waals surface area contributed by atoms with E-state index in [-0.39, 0.29) is 13.0 Å². The van der Waals surface area contributed by atoms with E-state index in [4.69, 9.17) is 9.84 Å². The Hall–Kier alpha value is -1.17. The Morgan fingerprint density at radius 3 is 3.08 bits per heavy atom. The molecule has 0 radical (unpaired) electrons. The molecule has 1 aliphatic rings. The molecule has 0 aliphatic carbocycles. The summed E-state index contributed by atoms with van der Waals surface area (Å²) in [6.45, 7) is 1.07. The van der Waals surface area contributed by atoms with Gasteiger partial charge in [-0.25, -0.2) is 0 Å². The van der Waals surface area contributed by atoms with Crippen LogP contribution in [-0.4, -0.2) is 41.9 Å². The van der Waals surface area contributed by atoms with Crippen molar-refractivity contribution in [1.82, 2.24) is 5.01 Å². The van der Waals surface area contributed by atoms with Gasteiger partial charge in [0.2, 0.25) is 0 Å². The molecule has 0 amide bonds. The van der Waals surface area contributed by atoms with Crippen molar-refractivity contribution in [3.8, 4) is 0 Å². The van der Waals surface area contributed by atoms with E-state index in [1.165, 1.54) is 5.01 Å². The normalized spacial score (nSPS) is 23.7. The first-order valence-corrected chi connectivity index (χ1v) is 3.63. The van der Waals surface area contributed by atoms with Gasteiger partial charge in [-0.2, -0.15) is 0 Å². The van der Waals surface area contributed by atoms with Gasteiger partial charge in [-0.3, -0.25) is 9.80 Å². The zero-order chi connectivity index (χ0) is 8.97. The highest BCUT2D eigenvalue weighted by Gasteiger charge is 2.24. The summed E-state index contributed by atoms with van der Waals surface area (Å²) in [6.07, 6.45) is -0.105. The molecule has 6 heteroatoms. The second-order valence-corrected chi connectivity index (χ2v) is 2.57. The molecule has 1 atom stereocenters. The maximum atomic E-state index is 10.3. The topological polar surface area (TPSA) is 79.2 Å². The molecule has 0 aromatic rings. The fourth-order valence-corrected chi connectivity index (χ4v) is 1.12. The van der Waals surface area contributed by atoms with Crippen LogP contribution in [0, 0.1) is 4.91 Å². The summed E-state index contributed by atoms with van der Waals surface area (Å²) in [6, 6.07) is -0.409. The molecule has 1 rings (SSSR count). The number of carbonyl (C=O) groups is 1. The molecule has 1 unspecified atom stereocenters. The summed E-state index contributed by atoms with van der Waals surface area (Å²) in [5, 5.41) is 12.4. The average Bonchev–Trinajstić information content (AvgIpc) is 2.04. The minimum Gasteiger partial charge on any atom is -0.481 e. The number of hydrogen-bond donors (Lipinski definition) is 1. The Kier molecular flexibility index (Phi) is 2.98. The van der Waals surface area contributed by atoms with Gasteiger partial charge in [0, 0.05) is 0 Å². The maximum Gasteiger partial charge on any atom is 0.305 e. The number of carboxylic acid groups (broad SMARTS) is 1. The lowest BCUT2D eigenvalue weighted by Gasteiger charge is -2.29. The highest BCUT2D eigenvalue weighted by atomic mass is 16.5. The number of hydrogen-bond acceptors (Lipinski definition) is 4. The van der Waals surface area contributed by atoms with Gasteiger partial charge in [-0.05, 0) is 0 Å². The lowest BCUT2D eigenvalue weighted by atomic mass is 10.2. The monoisotopic (exact) mass is 174 g/mol. The van der Waals surface area contributed by atoms with Gasteiger partial charge < -0.3 is 9.84 Å². The van der Waals surface area contributed by atoms with E-state index >= 15 is 0 Å². The standard InChI is InChI=1S/C6H10N2O4/c9-6(10)3-5-4-12-2-1-8(5)7-11/h5H,1-4H2,(H,9,10). The van der Waals surface area contributed by atoms with Gasteiger partial charge in [-0.15, -0.1) is 4.91 Å². The number of aliphatic carboxylic acids is 1. The Labute approximate surface area is 69.1 Å². The Morgan fingerprint density at radius 2 is 2.50 bits per heavy atom. The van der Waals surface area contributed by atoms with Crippen LogP contribution < -0.4 is 0 Å². The molecule has 1 N–H and O–H groups in total. The molecular formula is C6H10N2O4. The smallest absolute Gasteiger partial charge is 0.305 e. The van der Waals surface area contributed by atoms with Crippen molar-refractivity contribution in [2.75, 3.05) is 19.8 Å². The summed E-state index contributed by atoms with van der Waals surface area (Å²) in [7, 11) is 0. The van der Waals surface area contributed by atoms with Gasteiger partial charge in [0.1, 0.15) is 0 Å². The number of morpholine rings is 1. The Morgan fingerprint density at radius 1 is 1.75 bits per heavy atom. The molecule has 6 nitrogen and oxygen atoms in total. The Balaban J connectivity index is 2.46. The summed E-state index contributed by atoms with van der Waals surface area (Å²) < 4.78 is 5.01. The van der Waals surface area contributed by atoms with E-state index in [0.29, 0.717) is 13.2 Å². The van der Waals surface area contributed by atoms with E-state index in [9.17, 15) is 9.70 Å². The molecule has 0 aromatic carbocycles. The van der Waals surface area contributed by atoms with Crippen LogP contribution in [0.25, 0.3) is 0 Å². The molecule has 0 aromatic heterocycles. The average molecular weight is 174 g/mol. The predicted octanol–water partition coefficient (Wildman–Crippen LogP) is -0.157. The maximum absolute atomic E-state index is 10.3.